The molecule has 0 unspecified atom stereocenters. The summed E-state index contributed by atoms with van der Waals surface area (Å²) >= 11 is 0. The predicted octanol–water partition coefficient (Wildman–Crippen LogP) is 2.57. The van der Waals surface area contributed by atoms with Crippen LogP contribution in [0.5, 0.6) is 0 Å². The zero-order valence-electron chi connectivity index (χ0n) is 8.82. The number of rotatable bonds is 4. The van der Waals surface area contributed by atoms with E-state index in [0.29, 0.717) is 18.9 Å². The van der Waals surface area contributed by atoms with E-state index in [1.165, 1.54) is 19.3 Å². The summed E-state index contributed by atoms with van der Waals surface area (Å²) in [6.45, 7) is 0.617. The molecule has 2 rings (SSSR count). The largest absolute Gasteiger partial charge is 0.465 e. The highest BCUT2D eigenvalue weighted by atomic mass is 16.5. The average Bonchev–Trinajstić information content (AvgIpc) is 2.17. The minimum atomic E-state index is -0.104. The monoisotopic (exact) mass is 204 g/mol. The molecule has 0 radical (unpaired) electrons. The van der Waals surface area contributed by atoms with Gasteiger partial charge in [0.2, 0.25) is 0 Å². The van der Waals surface area contributed by atoms with Crippen LogP contribution < -0.4 is 0 Å². The summed E-state index contributed by atoms with van der Waals surface area (Å²) in [6.07, 6.45) is 4.13. The molecule has 2 nitrogen and oxygen atoms in total. The lowest BCUT2D eigenvalue weighted by Crippen LogP contribution is -2.20. The Labute approximate surface area is 90.3 Å². The van der Waals surface area contributed by atoms with Gasteiger partial charge in [-0.1, -0.05) is 36.8 Å². The summed E-state index contributed by atoms with van der Waals surface area (Å²) in [6, 6.07) is 9.72. The summed E-state index contributed by atoms with van der Waals surface area (Å²) in [5.41, 5.74) is 1.02. The van der Waals surface area contributed by atoms with Crippen LogP contribution in [0, 0.1) is 5.92 Å². The standard InChI is InChI=1S/C13H16O2/c14-13(15-10-12-7-4-8-12)9-11-5-2-1-3-6-11/h1-3,5-6,12H,4,7-10H2. The van der Waals surface area contributed by atoms with Gasteiger partial charge in [-0.3, -0.25) is 4.79 Å². The molecule has 1 aromatic rings. The first kappa shape index (κ1) is 10.2. The van der Waals surface area contributed by atoms with Gasteiger partial charge in [-0.05, 0) is 24.3 Å². The Kier molecular flexibility index (Phi) is 3.38. The molecule has 0 aliphatic heterocycles. The molecular weight excluding hydrogens is 188 g/mol. The van der Waals surface area contributed by atoms with E-state index in [2.05, 4.69) is 0 Å². The Balaban J connectivity index is 1.72. The molecule has 15 heavy (non-hydrogen) atoms. The van der Waals surface area contributed by atoms with Crippen LogP contribution in [0.4, 0.5) is 0 Å². The average molecular weight is 204 g/mol. The van der Waals surface area contributed by atoms with Crippen molar-refractivity contribution < 1.29 is 9.53 Å². The lowest BCUT2D eigenvalue weighted by Gasteiger charge is -2.24. The highest BCUT2D eigenvalue weighted by molar-refractivity contribution is 5.72. The van der Waals surface area contributed by atoms with Gasteiger partial charge in [0.05, 0.1) is 13.0 Å². The molecule has 0 N–H and O–H groups in total. The number of carbonyl (C=O) groups is 1. The van der Waals surface area contributed by atoms with Crippen molar-refractivity contribution in [3.63, 3.8) is 0 Å². The van der Waals surface area contributed by atoms with Crippen LogP contribution in [0.1, 0.15) is 24.8 Å². The Morgan fingerprint density at radius 1 is 1.27 bits per heavy atom. The highest BCUT2D eigenvalue weighted by Crippen LogP contribution is 2.26. The van der Waals surface area contributed by atoms with E-state index >= 15 is 0 Å². The first-order valence-electron chi connectivity index (χ1n) is 5.54. The lowest BCUT2D eigenvalue weighted by molar-refractivity contribution is -0.145. The van der Waals surface area contributed by atoms with Gasteiger partial charge in [0, 0.05) is 0 Å². The molecule has 0 atom stereocenters. The van der Waals surface area contributed by atoms with E-state index in [9.17, 15) is 4.79 Å². The topological polar surface area (TPSA) is 26.3 Å². The van der Waals surface area contributed by atoms with Crippen molar-refractivity contribution >= 4 is 5.97 Å². The Morgan fingerprint density at radius 3 is 2.60 bits per heavy atom. The molecule has 1 saturated carbocycles. The molecule has 1 fully saturated rings. The van der Waals surface area contributed by atoms with Crippen molar-refractivity contribution in [2.45, 2.75) is 25.7 Å². The third kappa shape index (κ3) is 3.08. The summed E-state index contributed by atoms with van der Waals surface area (Å²) in [5, 5.41) is 0. The van der Waals surface area contributed by atoms with Crippen LogP contribution in [-0.4, -0.2) is 12.6 Å². The van der Waals surface area contributed by atoms with Gasteiger partial charge in [0.25, 0.3) is 0 Å². The van der Waals surface area contributed by atoms with Gasteiger partial charge < -0.3 is 4.74 Å². The minimum Gasteiger partial charge on any atom is -0.465 e. The van der Waals surface area contributed by atoms with Crippen molar-refractivity contribution in [1.82, 2.24) is 0 Å². The molecule has 80 valence electrons. The van der Waals surface area contributed by atoms with Crippen LogP contribution >= 0.6 is 0 Å². The molecule has 0 amide bonds. The quantitative estimate of drug-likeness (QED) is 0.704. The fourth-order valence-electron chi connectivity index (χ4n) is 1.68. The molecule has 0 aromatic heterocycles. The van der Waals surface area contributed by atoms with E-state index in [-0.39, 0.29) is 5.97 Å². The molecule has 1 aromatic carbocycles. The SMILES string of the molecule is O=C(Cc1ccccc1)OCC1CCC1. The molecule has 0 bridgehead atoms. The normalized spacial score (nSPS) is 15.7. The smallest absolute Gasteiger partial charge is 0.310 e. The number of carbonyl (C=O) groups excluding carboxylic acids is 1. The van der Waals surface area contributed by atoms with Crippen molar-refractivity contribution in [2.24, 2.45) is 5.92 Å². The van der Waals surface area contributed by atoms with Crippen molar-refractivity contribution in [3.8, 4) is 0 Å². The predicted molar refractivity (Wildman–Crippen MR) is 58.4 cm³/mol. The summed E-state index contributed by atoms with van der Waals surface area (Å²) < 4.78 is 5.21. The first-order chi connectivity index (χ1) is 7.34. The van der Waals surface area contributed by atoms with Crippen molar-refractivity contribution in [3.05, 3.63) is 35.9 Å². The number of hydrogen-bond acceptors (Lipinski definition) is 2. The maximum atomic E-state index is 11.4. The van der Waals surface area contributed by atoms with E-state index in [4.69, 9.17) is 4.74 Å². The Bertz CT molecular complexity index is 315. The zero-order chi connectivity index (χ0) is 10.5. The molecule has 1 aliphatic rings. The Morgan fingerprint density at radius 2 is 2.00 bits per heavy atom. The van der Waals surface area contributed by atoms with Crippen LogP contribution in [0.3, 0.4) is 0 Å². The van der Waals surface area contributed by atoms with Crippen LogP contribution in [0.2, 0.25) is 0 Å². The van der Waals surface area contributed by atoms with Gasteiger partial charge >= 0.3 is 5.97 Å². The lowest BCUT2D eigenvalue weighted by atomic mass is 9.86. The fraction of sp³-hybridized carbons (Fsp3) is 0.462. The van der Waals surface area contributed by atoms with Gasteiger partial charge in [-0.2, -0.15) is 0 Å². The molecule has 0 heterocycles. The van der Waals surface area contributed by atoms with Crippen molar-refractivity contribution in [1.29, 1.82) is 0 Å². The van der Waals surface area contributed by atoms with E-state index < -0.39 is 0 Å². The minimum absolute atomic E-state index is 0.104. The molecule has 0 saturated heterocycles. The van der Waals surface area contributed by atoms with Gasteiger partial charge in [0.15, 0.2) is 0 Å². The number of esters is 1. The fourth-order valence-corrected chi connectivity index (χ4v) is 1.68. The third-order valence-corrected chi connectivity index (χ3v) is 2.90. The summed E-state index contributed by atoms with van der Waals surface area (Å²) in [4.78, 5) is 11.4. The summed E-state index contributed by atoms with van der Waals surface area (Å²) in [5.74, 6) is 0.526. The van der Waals surface area contributed by atoms with Crippen LogP contribution in [-0.2, 0) is 16.0 Å². The first-order valence-corrected chi connectivity index (χ1v) is 5.54. The molecular formula is C13H16O2. The second-order valence-corrected chi connectivity index (χ2v) is 4.14. The highest BCUT2D eigenvalue weighted by Gasteiger charge is 2.19. The number of ether oxygens (including phenoxy) is 1. The van der Waals surface area contributed by atoms with E-state index in [0.717, 1.165) is 5.56 Å². The maximum Gasteiger partial charge on any atom is 0.310 e. The van der Waals surface area contributed by atoms with E-state index in [1.807, 2.05) is 30.3 Å². The number of benzene rings is 1. The van der Waals surface area contributed by atoms with Crippen LogP contribution in [0.15, 0.2) is 30.3 Å². The van der Waals surface area contributed by atoms with Gasteiger partial charge in [-0.25, -0.2) is 0 Å². The second kappa shape index (κ2) is 4.96. The summed E-state index contributed by atoms with van der Waals surface area (Å²) in [7, 11) is 0. The zero-order valence-corrected chi connectivity index (χ0v) is 8.82. The number of hydrogen-bond donors (Lipinski definition) is 0. The molecule has 0 spiro atoms. The van der Waals surface area contributed by atoms with E-state index in [1.54, 1.807) is 0 Å². The third-order valence-electron chi connectivity index (χ3n) is 2.90. The Hall–Kier alpha value is -1.31. The maximum absolute atomic E-state index is 11.4. The van der Waals surface area contributed by atoms with Gasteiger partial charge in [0.1, 0.15) is 0 Å². The van der Waals surface area contributed by atoms with Crippen molar-refractivity contribution in [2.75, 3.05) is 6.61 Å². The van der Waals surface area contributed by atoms with Gasteiger partial charge in [-0.15, -0.1) is 0 Å². The molecule has 1 aliphatic carbocycles. The second-order valence-electron chi connectivity index (χ2n) is 4.14. The van der Waals surface area contributed by atoms with Crippen LogP contribution in [0.25, 0.3) is 0 Å². The molecule has 2 heteroatoms.